The van der Waals surface area contributed by atoms with Gasteiger partial charge in [0.05, 0.1) is 39.0 Å². The van der Waals surface area contributed by atoms with Crippen molar-refractivity contribution in [3.8, 4) is 0 Å². The molecule has 2 N–H and O–H groups in total. The summed E-state index contributed by atoms with van der Waals surface area (Å²) in [6.07, 6.45) is 2.42. The summed E-state index contributed by atoms with van der Waals surface area (Å²) >= 11 is 0. The van der Waals surface area contributed by atoms with Gasteiger partial charge in [-0.1, -0.05) is 13.8 Å². The largest absolute Gasteiger partial charge is 0.460 e. The number of carbonyl (C=O) groups is 6. The first kappa shape index (κ1) is 49.1. The summed E-state index contributed by atoms with van der Waals surface area (Å²) < 4.78 is 30.2. The zero-order valence-corrected chi connectivity index (χ0v) is 32.1. The molecule has 0 saturated carbocycles. The summed E-state index contributed by atoms with van der Waals surface area (Å²) in [4.78, 5) is 74.2. The van der Waals surface area contributed by atoms with Crippen LogP contribution in [0.15, 0.2) is 0 Å². The Bertz CT molecular complexity index is 984. The number of nitrogens with zero attached hydrogens (tertiary/aromatic N) is 1. The van der Waals surface area contributed by atoms with Crippen LogP contribution >= 0.6 is 0 Å². The van der Waals surface area contributed by atoms with Gasteiger partial charge in [-0.3, -0.25) is 24.0 Å². The molecule has 50 heavy (non-hydrogen) atoms. The number of nitrogens with two attached hydrogens (primary N) is 1. The van der Waals surface area contributed by atoms with Crippen molar-refractivity contribution in [2.75, 3.05) is 60.4 Å². The van der Waals surface area contributed by atoms with Crippen LogP contribution in [0, 0.1) is 11.8 Å². The summed E-state index contributed by atoms with van der Waals surface area (Å²) in [6.45, 7) is 18.4. The van der Waals surface area contributed by atoms with Crippen molar-refractivity contribution in [1.29, 1.82) is 0 Å². The van der Waals surface area contributed by atoms with Crippen LogP contribution in [0.3, 0.4) is 0 Å². The van der Waals surface area contributed by atoms with Gasteiger partial charge in [0.15, 0.2) is 0 Å². The number of ketones is 1. The number of esters is 2. The Morgan fingerprint density at radius 2 is 1.12 bits per heavy atom. The molecule has 2 unspecified atom stereocenters. The fourth-order valence-electron chi connectivity index (χ4n) is 3.74. The fraction of sp³-hybridized carbons (Fsp3) is 0.829. The molecule has 0 aromatic rings. The average Bonchev–Trinajstić information content (AvgIpc) is 3.33. The summed E-state index contributed by atoms with van der Waals surface area (Å²) in [5.41, 5.74) is 4.10. The lowest BCUT2D eigenvalue weighted by Crippen LogP contribution is -2.34. The van der Waals surface area contributed by atoms with Crippen LogP contribution in [0.5, 0.6) is 0 Å². The number of imide groups is 1. The zero-order valence-electron chi connectivity index (χ0n) is 32.1. The molecule has 2 amide bonds. The minimum absolute atomic E-state index is 0.0540. The molecule has 1 aliphatic heterocycles. The van der Waals surface area contributed by atoms with Gasteiger partial charge in [-0.25, -0.2) is 4.79 Å². The minimum Gasteiger partial charge on any atom is -0.460 e. The second kappa shape index (κ2) is 27.7. The van der Waals surface area contributed by atoms with Crippen LogP contribution in [0.1, 0.15) is 107 Å². The zero-order chi connectivity index (χ0) is 38.8. The predicted molar refractivity (Wildman–Crippen MR) is 184 cm³/mol. The van der Waals surface area contributed by atoms with Crippen LogP contribution in [0.25, 0.3) is 0 Å². The standard InChI is InChI=1S/C16H30O5.C14H21NO6.C5H13NO2/c1-13(8-9-15(18)21-16(2,3)4)14(17)7-6-10-20-12-11-19-5;1-9(5-8-12(18)20-14(2,3)4)13(19)21-15-10(16)6-7-11(15)17;1-7-4-5-8-3-2-6/h13H,6-12H2,1-5H3;9H,5-8H2,1-4H3;2-6H2,1H3. The van der Waals surface area contributed by atoms with Gasteiger partial charge in [0.1, 0.15) is 17.0 Å². The van der Waals surface area contributed by atoms with E-state index in [-0.39, 0.29) is 49.8 Å². The van der Waals surface area contributed by atoms with E-state index in [1.54, 1.807) is 41.9 Å². The van der Waals surface area contributed by atoms with Crippen molar-refractivity contribution >= 4 is 35.5 Å². The topological polar surface area (TPSA) is 196 Å². The van der Waals surface area contributed by atoms with Gasteiger partial charge < -0.3 is 39.0 Å². The Kier molecular flexibility index (Phi) is 27.2. The Hall–Kier alpha value is -2.98. The van der Waals surface area contributed by atoms with E-state index in [0.717, 1.165) is 0 Å². The highest BCUT2D eigenvalue weighted by Gasteiger charge is 2.34. The molecule has 0 radical (unpaired) electrons. The van der Waals surface area contributed by atoms with Gasteiger partial charge in [-0.05, 0) is 60.8 Å². The number of hydrogen-bond acceptors (Lipinski definition) is 14. The molecular formula is C35H64N2O13. The molecule has 0 bridgehead atoms. The van der Waals surface area contributed by atoms with Gasteiger partial charge in [0.2, 0.25) is 0 Å². The Balaban J connectivity index is 0. The number of methoxy groups -OCH3 is 2. The number of ether oxygens (including phenoxy) is 6. The Morgan fingerprint density at radius 3 is 1.54 bits per heavy atom. The van der Waals surface area contributed by atoms with Gasteiger partial charge in [0, 0.05) is 65.4 Å². The molecule has 1 fully saturated rings. The van der Waals surface area contributed by atoms with Crippen molar-refractivity contribution in [2.45, 2.75) is 118 Å². The number of rotatable bonds is 21. The fourth-order valence-corrected chi connectivity index (χ4v) is 3.74. The van der Waals surface area contributed by atoms with Crippen molar-refractivity contribution in [2.24, 2.45) is 17.6 Å². The predicted octanol–water partition coefficient (Wildman–Crippen LogP) is 3.72. The Morgan fingerprint density at radius 1 is 0.680 bits per heavy atom. The molecule has 292 valence electrons. The minimum atomic E-state index is -0.706. The van der Waals surface area contributed by atoms with Crippen molar-refractivity contribution in [1.82, 2.24) is 5.06 Å². The summed E-state index contributed by atoms with van der Waals surface area (Å²) in [6, 6.07) is 0. The van der Waals surface area contributed by atoms with E-state index in [0.29, 0.717) is 70.5 Å². The summed E-state index contributed by atoms with van der Waals surface area (Å²) in [5.74, 6) is -2.95. The first-order chi connectivity index (χ1) is 23.3. The molecule has 0 spiro atoms. The number of Topliss-reactive ketones (excluding diaryl/α,β-unsaturated/α-hetero) is 1. The lowest BCUT2D eigenvalue weighted by molar-refractivity contribution is -0.200. The number of hydrogen-bond donors (Lipinski definition) is 1. The maximum absolute atomic E-state index is 11.9. The van der Waals surface area contributed by atoms with Crippen LogP contribution in [-0.4, -0.2) is 112 Å². The maximum Gasteiger partial charge on any atom is 0.335 e. The quantitative estimate of drug-likeness (QED) is 0.102. The Labute approximate surface area is 298 Å². The molecular weight excluding hydrogens is 656 g/mol. The van der Waals surface area contributed by atoms with Crippen LogP contribution in [-0.2, 0) is 62.0 Å². The van der Waals surface area contributed by atoms with E-state index in [1.807, 2.05) is 27.7 Å². The highest BCUT2D eigenvalue weighted by atomic mass is 16.7. The van der Waals surface area contributed by atoms with E-state index >= 15 is 0 Å². The van der Waals surface area contributed by atoms with E-state index in [1.165, 1.54) is 0 Å². The van der Waals surface area contributed by atoms with Gasteiger partial charge >= 0.3 is 17.9 Å². The van der Waals surface area contributed by atoms with E-state index in [4.69, 9.17) is 39.0 Å². The summed E-state index contributed by atoms with van der Waals surface area (Å²) in [5, 5.41) is 0.506. The molecule has 0 aromatic heterocycles. The summed E-state index contributed by atoms with van der Waals surface area (Å²) in [7, 11) is 3.27. The molecule has 2 atom stereocenters. The van der Waals surface area contributed by atoms with Gasteiger partial charge in [-0.15, -0.1) is 5.06 Å². The lowest BCUT2D eigenvalue weighted by atomic mass is 9.97. The molecule has 1 rings (SSSR count). The normalized spacial score (nSPS) is 14.1. The van der Waals surface area contributed by atoms with E-state index in [2.05, 4.69) is 0 Å². The number of amides is 2. The van der Waals surface area contributed by atoms with Gasteiger partial charge in [-0.2, -0.15) is 0 Å². The second-order valence-electron chi connectivity index (χ2n) is 13.6. The smallest absolute Gasteiger partial charge is 0.335 e. The maximum atomic E-state index is 11.9. The van der Waals surface area contributed by atoms with Crippen LogP contribution in [0.4, 0.5) is 0 Å². The lowest BCUT2D eigenvalue weighted by Gasteiger charge is -2.20. The highest BCUT2D eigenvalue weighted by molar-refractivity contribution is 6.01. The SMILES string of the molecule is CC(CCC(=O)OC(C)(C)C)C(=O)ON1C(=O)CCC1=O.COCCOCCCC(=O)C(C)CCC(=O)OC(C)(C)C.COCCOCCN. The molecule has 0 aromatic carbocycles. The molecule has 15 nitrogen and oxygen atoms in total. The van der Waals surface area contributed by atoms with Crippen molar-refractivity contribution in [3.05, 3.63) is 0 Å². The van der Waals surface area contributed by atoms with Crippen molar-refractivity contribution in [3.63, 3.8) is 0 Å². The van der Waals surface area contributed by atoms with Crippen molar-refractivity contribution < 1.29 is 62.0 Å². The molecule has 15 heteroatoms. The van der Waals surface area contributed by atoms with Gasteiger partial charge in [0.25, 0.3) is 11.8 Å². The average molecular weight is 721 g/mol. The second-order valence-corrected chi connectivity index (χ2v) is 13.6. The first-order valence-electron chi connectivity index (χ1n) is 17.1. The van der Waals surface area contributed by atoms with E-state index < -0.39 is 40.9 Å². The number of carbonyl (C=O) groups excluding carboxylic acids is 6. The third-order valence-electron chi connectivity index (χ3n) is 6.38. The van der Waals surface area contributed by atoms with Crippen LogP contribution in [0.2, 0.25) is 0 Å². The third kappa shape index (κ3) is 28.8. The highest BCUT2D eigenvalue weighted by Crippen LogP contribution is 2.17. The van der Waals surface area contributed by atoms with Crippen LogP contribution < -0.4 is 5.73 Å². The third-order valence-corrected chi connectivity index (χ3v) is 6.38. The molecule has 1 heterocycles. The monoisotopic (exact) mass is 720 g/mol. The molecule has 1 saturated heterocycles. The molecule has 0 aliphatic carbocycles. The number of hydroxylamine groups is 2. The van der Waals surface area contributed by atoms with E-state index in [9.17, 15) is 28.8 Å². The first-order valence-corrected chi connectivity index (χ1v) is 17.1. The molecule has 1 aliphatic rings.